The first-order valence-electron chi connectivity index (χ1n) is 6.74. The third-order valence-corrected chi connectivity index (χ3v) is 2.97. The molecular weight excluding hydrogens is 248 g/mol. The van der Waals surface area contributed by atoms with Gasteiger partial charge in [0.1, 0.15) is 5.65 Å². The van der Waals surface area contributed by atoms with E-state index in [2.05, 4.69) is 42.1 Å². The van der Waals surface area contributed by atoms with Gasteiger partial charge in [-0.3, -0.25) is 0 Å². The van der Waals surface area contributed by atoms with Crippen LogP contribution in [0.15, 0.2) is 30.6 Å². The Bertz CT molecular complexity index is 653. The maximum Gasteiger partial charge on any atom is 0.137 e. The summed E-state index contributed by atoms with van der Waals surface area (Å²) in [6.07, 6.45) is 7.90. The van der Waals surface area contributed by atoms with E-state index in [0.29, 0.717) is 0 Å². The first kappa shape index (κ1) is 14.1. The maximum absolute atomic E-state index is 8.53. The number of fused-ring (bicyclic) bond motifs is 1. The highest BCUT2D eigenvalue weighted by molar-refractivity contribution is 5.83. The van der Waals surface area contributed by atoms with Crippen molar-refractivity contribution < 1.29 is 0 Å². The van der Waals surface area contributed by atoms with Gasteiger partial charge in [0.2, 0.25) is 0 Å². The summed E-state index contributed by atoms with van der Waals surface area (Å²) in [5, 5.41) is 13.0. The molecule has 0 unspecified atom stereocenters. The Kier molecular flexibility index (Phi) is 4.09. The molecule has 0 saturated carbocycles. The van der Waals surface area contributed by atoms with Crippen LogP contribution in [0.4, 0.5) is 5.69 Å². The van der Waals surface area contributed by atoms with Gasteiger partial charge in [0.25, 0.3) is 0 Å². The lowest BCUT2D eigenvalue weighted by Crippen LogP contribution is -2.19. The van der Waals surface area contributed by atoms with E-state index in [1.807, 2.05) is 24.5 Å². The summed E-state index contributed by atoms with van der Waals surface area (Å²) in [5.41, 5.74) is 3.29. The molecule has 0 aliphatic heterocycles. The Labute approximate surface area is 119 Å². The fourth-order valence-corrected chi connectivity index (χ4v) is 1.93. The Morgan fingerprint density at radius 1 is 1.45 bits per heavy atom. The van der Waals surface area contributed by atoms with E-state index in [9.17, 15) is 0 Å². The van der Waals surface area contributed by atoms with E-state index >= 15 is 0 Å². The molecule has 4 heteroatoms. The Morgan fingerprint density at radius 2 is 2.25 bits per heavy atom. The second kappa shape index (κ2) is 5.79. The molecule has 0 radical (unpaired) electrons. The molecule has 0 atom stereocenters. The van der Waals surface area contributed by atoms with Gasteiger partial charge >= 0.3 is 0 Å². The van der Waals surface area contributed by atoms with Crippen molar-refractivity contribution in [3.63, 3.8) is 0 Å². The number of hydrogen-bond donors (Lipinski definition) is 2. The number of anilines is 1. The number of nitrogens with one attached hydrogen (secondary N) is 2. The number of pyridine rings is 1. The molecule has 0 fully saturated rings. The largest absolute Gasteiger partial charge is 0.383 e. The quantitative estimate of drug-likeness (QED) is 0.832. The van der Waals surface area contributed by atoms with Gasteiger partial charge in [-0.05, 0) is 23.5 Å². The second-order valence-corrected chi connectivity index (χ2v) is 6.08. The summed E-state index contributed by atoms with van der Waals surface area (Å²) >= 11 is 0. The van der Waals surface area contributed by atoms with Crippen LogP contribution in [0.3, 0.4) is 0 Å². The summed E-state index contributed by atoms with van der Waals surface area (Å²) in [6, 6.07) is 4.12. The van der Waals surface area contributed by atoms with E-state index in [-0.39, 0.29) is 5.41 Å². The highest BCUT2D eigenvalue weighted by Gasteiger charge is 2.10. The molecule has 2 aromatic heterocycles. The zero-order chi connectivity index (χ0) is 14.6. The number of nitrogens with zero attached hydrogens (tertiary/aromatic N) is 2. The molecule has 104 valence electrons. The fraction of sp³-hybridized carbons (Fsp3) is 0.375. The van der Waals surface area contributed by atoms with Crippen molar-refractivity contribution in [3.05, 3.63) is 36.2 Å². The summed E-state index contributed by atoms with van der Waals surface area (Å²) in [5.74, 6) is 0. The molecular formula is C16H20N4. The van der Waals surface area contributed by atoms with Gasteiger partial charge in [0.05, 0.1) is 18.0 Å². The molecule has 0 amide bonds. The third kappa shape index (κ3) is 3.61. The van der Waals surface area contributed by atoms with Crippen molar-refractivity contribution in [2.75, 3.05) is 11.9 Å². The molecule has 0 aromatic carbocycles. The van der Waals surface area contributed by atoms with Crippen molar-refractivity contribution in [1.82, 2.24) is 9.97 Å². The lowest BCUT2D eigenvalue weighted by molar-refractivity contribution is 0.443. The van der Waals surface area contributed by atoms with Crippen LogP contribution >= 0.6 is 0 Å². The molecule has 0 saturated heterocycles. The SMILES string of the molecule is CC(C)(C)CNc1cnc2[nH]cc(C/C=C/C#N)c2c1. The lowest BCUT2D eigenvalue weighted by Gasteiger charge is -2.19. The highest BCUT2D eigenvalue weighted by atomic mass is 14.9. The summed E-state index contributed by atoms with van der Waals surface area (Å²) in [7, 11) is 0. The zero-order valence-corrected chi connectivity index (χ0v) is 12.2. The van der Waals surface area contributed by atoms with Gasteiger partial charge in [0.15, 0.2) is 0 Å². The van der Waals surface area contributed by atoms with Gasteiger partial charge in [-0.25, -0.2) is 4.98 Å². The summed E-state index contributed by atoms with van der Waals surface area (Å²) < 4.78 is 0. The minimum atomic E-state index is 0.228. The van der Waals surface area contributed by atoms with Crippen LogP contribution in [0.2, 0.25) is 0 Å². The number of nitriles is 1. The second-order valence-electron chi connectivity index (χ2n) is 6.08. The molecule has 0 aliphatic rings. The number of hydrogen-bond acceptors (Lipinski definition) is 3. The van der Waals surface area contributed by atoms with Crippen LogP contribution in [0.5, 0.6) is 0 Å². The summed E-state index contributed by atoms with van der Waals surface area (Å²) in [4.78, 5) is 7.58. The molecule has 20 heavy (non-hydrogen) atoms. The van der Waals surface area contributed by atoms with Crippen molar-refractivity contribution in [1.29, 1.82) is 5.26 Å². The van der Waals surface area contributed by atoms with E-state index in [1.54, 1.807) is 0 Å². The van der Waals surface area contributed by atoms with Crippen molar-refractivity contribution >= 4 is 16.7 Å². The third-order valence-electron chi connectivity index (χ3n) is 2.97. The first-order valence-corrected chi connectivity index (χ1v) is 6.74. The molecule has 2 N–H and O–H groups in total. The van der Waals surface area contributed by atoms with Crippen LogP contribution in [0.1, 0.15) is 26.3 Å². The Morgan fingerprint density at radius 3 is 2.95 bits per heavy atom. The number of rotatable bonds is 4. The van der Waals surface area contributed by atoms with E-state index in [4.69, 9.17) is 5.26 Å². The molecule has 0 aliphatic carbocycles. The average molecular weight is 268 g/mol. The van der Waals surface area contributed by atoms with Gasteiger partial charge in [-0.1, -0.05) is 26.8 Å². The molecule has 0 spiro atoms. The van der Waals surface area contributed by atoms with Crippen molar-refractivity contribution in [2.45, 2.75) is 27.2 Å². The van der Waals surface area contributed by atoms with Crippen molar-refractivity contribution in [3.8, 4) is 6.07 Å². The Balaban J connectivity index is 2.21. The highest BCUT2D eigenvalue weighted by Crippen LogP contribution is 2.22. The minimum Gasteiger partial charge on any atom is -0.383 e. The number of aromatic nitrogens is 2. The average Bonchev–Trinajstić information content (AvgIpc) is 2.79. The monoisotopic (exact) mass is 268 g/mol. The molecule has 0 bridgehead atoms. The summed E-state index contributed by atoms with van der Waals surface area (Å²) in [6.45, 7) is 7.48. The van der Waals surface area contributed by atoms with Crippen molar-refractivity contribution in [2.24, 2.45) is 5.41 Å². The molecule has 2 rings (SSSR count). The smallest absolute Gasteiger partial charge is 0.137 e. The predicted molar refractivity (Wildman–Crippen MR) is 82.5 cm³/mol. The topological polar surface area (TPSA) is 64.5 Å². The normalized spacial score (nSPS) is 11.9. The van der Waals surface area contributed by atoms with Crippen LogP contribution < -0.4 is 5.32 Å². The van der Waals surface area contributed by atoms with E-state index in [0.717, 1.165) is 35.2 Å². The van der Waals surface area contributed by atoms with Crippen LogP contribution in [0, 0.1) is 16.7 Å². The van der Waals surface area contributed by atoms with Crippen LogP contribution in [-0.4, -0.2) is 16.5 Å². The maximum atomic E-state index is 8.53. The van der Waals surface area contributed by atoms with Crippen LogP contribution in [0.25, 0.3) is 11.0 Å². The Hall–Kier alpha value is -2.28. The van der Waals surface area contributed by atoms with Gasteiger partial charge < -0.3 is 10.3 Å². The van der Waals surface area contributed by atoms with Gasteiger partial charge in [0, 0.05) is 24.2 Å². The van der Waals surface area contributed by atoms with E-state index in [1.165, 1.54) is 6.08 Å². The number of allylic oxidation sites excluding steroid dienone is 2. The number of H-pyrrole nitrogens is 1. The van der Waals surface area contributed by atoms with Gasteiger partial charge in [-0.15, -0.1) is 0 Å². The lowest BCUT2D eigenvalue weighted by atomic mass is 9.97. The number of aromatic amines is 1. The molecule has 4 nitrogen and oxygen atoms in total. The first-order chi connectivity index (χ1) is 9.49. The van der Waals surface area contributed by atoms with Crippen LogP contribution in [-0.2, 0) is 6.42 Å². The predicted octanol–water partition coefficient (Wildman–Crippen LogP) is 3.64. The fourth-order valence-electron chi connectivity index (χ4n) is 1.93. The molecule has 2 aromatic rings. The standard InChI is InChI=1S/C16H20N4/c1-16(2,3)11-20-13-8-14-12(6-4-5-7-17)9-18-15(14)19-10-13/h4-5,8-10,20H,6,11H2,1-3H3,(H,18,19)/b5-4+. The van der Waals surface area contributed by atoms with E-state index < -0.39 is 0 Å². The molecule has 2 heterocycles. The minimum absolute atomic E-state index is 0.228. The van der Waals surface area contributed by atoms with Gasteiger partial charge in [-0.2, -0.15) is 5.26 Å². The zero-order valence-electron chi connectivity index (χ0n) is 12.2.